The van der Waals surface area contributed by atoms with Gasteiger partial charge in [0.05, 0.1) is 5.69 Å². The molecule has 0 aliphatic carbocycles. The van der Waals surface area contributed by atoms with Crippen molar-refractivity contribution >= 4 is 40.1 Å². The van der Waals surface area contributed by atoms with Crippen LogP contribution in [0.25, 0.3) is 17.3 Å². The lowest BCUT2D eigenvalue weighted by Crippen LogP contribution is -2.07. The van der Waals surface area contributed by atoms with E-state index in [4.69, 9.17) is 11.6 Å². The van der Waals surface area contributed by atoms with E-state index in [-0.39, 0.29) is 5.91 Å². The van der Waals surface area contributed by atoms with Crippen LogP contribution in [0.5, 0.6) is 0 Å². The number of nitrogens with zero attached hydrogens (tertiary/aromatic N) is 1. The SMILES string of the molecule is Cc1ccc(C)c(-c2csc(NC(=O)/C=C/c3cccc(Cl)c3)n2)c1. The third kappa shape index (κ3) is 4.56. The summed E-state index contributed by atoms with van der Waals surface area (Å²) in [5.74, 6) is -0.221. The highest BCUT2D eigenvalue weighted by Crippen LogP contribution is 2.28. The van der Waals surface area contributed by atoms with E-state index >= 15 is 0 Å². The number of benzene rings is 2. The number of hydrogen-bond acceptors (Lipinski definition) is 3. The van der Waals surface area contributed by atoms with Gasteiger partial charge in [0.15, 0.2) is 5.13 Å². The summed E-state index contributed by atoms with van der Waals surface area (Å²) in [5.41, 5.74) is 5.18. The van der Waals surface area contributed by atoms with Crippen molar-refractivity contribution < 1.29 is 4.79 Å². The smallest absolute Gasteiger partial charge is 0.250 e. The topological polar surface area (TPSA) is 42.0 Å². The Morgan fingerprint density at radius 2 is 2.04 bits per heavy atom. The molecular formula is C20H17ClN2OS. The van der Waals surface area contributed by atoms with Gasteiger partial charge in [-0.3, -0.25) is 10.1 Å². The van der Waals surface area contributed by atoms with Gasteiger partial charge in [0.1, 0.15) is 0 Å². The molecule has 1 N–H and O–H groups in total. The predicted octanol–water partition coefficient (Wildman–Crippen LogP) is 5.73. The summed E-state index contributed by atoms with van der Waals surface area (Å²) in [6, 6.07) is 13.6. The molecule has 1 heterocycles. The second-order valence-corrected chi connectivity index (χ2v) is 7.03. The summed E-state index contributed by atoms with van der Waals surface area (Å²) in [6.07, 6.45) is 3.20. The van der Waals surface area contributed by atoms with Gasteiger partial charge in [-0.05, 0) is 49.2 Å². The Hall–Kier alpha value is -2.43. The number of thiazole rings is 1. The van der Waals surface area contributed by atoms with E-state index in [0.29, 0.717) is 10.2 Å². The molecule has 0 unspecified atom stereocenters. The number of amides is 1. The van der Waals surface area contributed by atoms with Gasteiger partial charge in [-0.1, -0.05) is 41.4 Å². The molecule has 3 aromatic rings. The van der Waals surface area contributed by atoms with E-state index in [9.17, 15) is 4.79 Å². The number of nitrogens with one attached hydrogen (secondary N) is 1. The van der Waals surface area contributed by atoms with Gasteiger partial charge in [-0.2, -0.15) is 0 Å². The zero-order valence-electron chi connectivity index (χ0n) is 13.9. The average Bonchev–Trinajstić information content (AvgIpc) is 3.03. The Kier molecular flexibility index (Phi) is 5.31. The second kappa shape index (κ2) is 7.64. The van der Waals surface area contributed by atoms with Gasteiger partial charge >= 0.3 is 0 Å². The third-order valence-corrected chi connectivity index (χ3v) is 4.67. The van der Waals surface area contributed by atoms with E-state index in [0.717, 1.165) is 22.4 Å². The molecule has 3 rings (SSSR count). The molecule has 0 atom stereocenters. The molecule has 0 aliphatic rings. The van der Waals surface area contributed by atoms with Gasteiger partial charge in [0.2, 0.25) is 5.91 Å². The van der Waals surface area contributed by atoms with Gasteiger partial charge in [-0.15, -0.1) is 11.3 Å². The van der Waals surface area contributed by atoms with Crippen LogP contribution in [-0.2, 0) is 4.79 Å². The number of anilines is 1. The van der Waals surface area contributed by atoms with Crippen molar-refractivity contribution in [3.63, 3.8) is 0 Å². The minimum atomic E-state index is -0.221. The largest absolute Gasteiger partial charge is 0.298 e. The minimum absolute atomic E-state index is 0.221. The molecule has 3 nitrogen and oxygen atoms in total. The zero-order valence-corrected chi connectivity index (χ0v) is 15.5. The molecule has 0 bridgehead atoms. The van der Waals surface area contributed by atoms with Crippen molar-refractivity contribution in [1.29, 1.82) is 0 Å². The van der Waals surface area contributed by atoms with Crippen molar-refractivity contribution in [1.82, 2.24) is 4.98 Å². The predicted molar refractivity (Wildman–Crippen MR) is 106 cm³/mol. The van der Waals surface area contributed by atoms with Crippen molar-refractivity contribution in [3.8, 4) is 11.3 Å². The quantitative estimate of drug-likeness (QED) is 0.597. The van der Waals surface area contributed by atoms with Crippen molar-refractivity contribution in [2.75, 3.05) is 5.32 Å². The molecule has 126 valence electrons. The summed E-state index contributed by atoms with van der Waals surface area (Å²) in [5, 5.41) is 5.98. The number of aryl methyl sites for hydroxylation is 2. The highest BCUT2D eigenvalue weighted by molar-refractivity contribution is 7.14. The first-order valence-corrected chi connectivity index (χ1v) is 9.05. The molecule has 5 heteroatoms. The van der Waals surface area contributed by atoms with E-state index in [1.54, 1.807) is 18.2 Å². The van der Waals surface area contributed by atoms with E-state index in [2.05, 4.69) is 42.3 Å². The van der Waals surface area contributed by atoms with Crippen LogP contribution in [0.4, 0.5) is 5.13 Å². The highest BCUT2D eigenvalue weighted by atomic mass is 35.5. The lowest BCUT2D eigenvalue weighted by atomic mass is 10.0. The van der Waals surface area contributed by atoms with Crippen LogP contribution >= 0.6 is 22.9 Å². The summed E-state index contributed by atoms with van der Waals surface area (Å²) in [7, 11) is 0. The molecule has 0 aliphatic heterocycles. The summed E-state index contributed by atoms with van der Waals surface area (Å²) in [6.45, 7) is 4.11. The van der Waals surface area contributed by atoms with Gasteiger partial charge < -0.3 is 0 Å². The second-order valence-electron chi connectivity index (χ2n) is 5.73. The standard InChI is InChI=1S/C20H17ClN2OS/c1-13-6-7-14(2)17(10-13)18-12-25-20(22-18)23-19(24)9-8-15-4-3-5-16(21)11-15/h3-12H,1-2H3,(H,22,23,24)/b9-8+. The van der Waals surface area contributed by atoms with Crippen molar-refractivity contribution in [3.05, 3.63) is 75.6 Å². The fraction of sp³-hybridized carbons (Fsp3) is 0.100. The maximum atomic E-state index is 12.1. The molecular weight excluding hydrogens is 352 g/mol. The fourth-order valence-corrected chi connectivity index (χ4v) is 3.31. The van der Waals surface area contributed by atoms with E-state index in [1.165, 1.54) is 23.0 Å². The number of rotatable bonds is 4. The van der Waals surface area contributed by atoms with Crippen LogP contribution in [0.3, 0.4) is 0 Å². The number of carbonyl (C=O) groups excluding carboxylic acids is 1. The minimum Gasteiger partial charge on any atom is -0.298 e. The van der Waals surface area contributed by atoms with Gasteiger partial charge in [0, 0.05) is 22.0 Å². The fourth-order valence-electron chi connectivity index (χ4n) is 2.40. The molecule has 1 amide bonds. The molecule has 0 saturated heterocycles. The molecule has 25 heavy (non-hydrogen) atoms. The van der Waals surface area contributed by atoms with Crippen LogP contribution in [0.15, 0.2) is 53.9 Å². The molecule has 0 saturated carbocycles. The van der Waals surface area contributed by atoms with E-state index < -0.39 is 0 Å². The Balaban J connectivity index is 1.71. The third-order valence-electron chi connectivity index (χ3n) is 3.68. The number of aromatic nitrogens is 1. The molecule has 1 aromatic heterocycles. The van der Waals surface area contributed by atoms with Crippen LogP contribution in [-0.4, -0.2) is 10.9 Å². The normalized spacial score (nSPS) is 11.0. The highest BCUT2D eigenvalue weighted by Gasteiger charge is 2.09. The Bertz CT molecular complexity index is 946. The first-order valence-electron chi connectivity index (χ1n) is 7.79. The molecule has 0 spiro atoms. The molecule has 0 fully saturated rings. The van der Waals surface area contributed by atoms with Crippen LogP contribution in [0.2, 0.25) is 5.02 Å². The maximum absolute atomic E-state index is 12.1. The monoisotopic (exact) mass is 368 g/mol. The molecule has 0 radical (unpaired) electrons. The molecule has 2 aromatic carbocycles. The summed E-state index contributed by atoms with van der Waals surface area (Å²) < 4.78 is 0. The van der Waals surface area contributed by atoms with Crippen LogP contribution in [0.1, 0.15) is 16.7 Å². The van der Waals surface area contributed by atoms with Gasteiger partial charge in [0.25, 0.3) is 0 Å². The van der Waals surface area contributed by atoms with Crippen LogP contribution in [0, 0.1) is 13.8 Å². The summed E-state index contributed by atoms with van der Waals surface area (Å²) >= 11 is 7.35. The number of hydrogen-bond donors (Lipinski definition) is 1. The van der Waals surface area contributed by atoms with Gasteiger partial charge in [-0.25, -0.2) is 4.98 Å². The maximum Gasteiger partial charge on any atom is 0.250 e. The Morgan fingerprint density at radius 1 is 1.20 bits per heavy atom. The first kappa shape index (κ1) is 17.4. The Morgan fingerprint density at radius 3 is 2.84 bits per heavy atom. The zero-order chi connectivity index (χ0) is 17.8. The van der Waals surface area contributed by atoms with E-state index in [1.807, 2.05) is 17.5 Å². The average molecular weight is 369 g/mol. The first-order chi connectivity index (χ1) is 12.0. The van der Waals surface area contributed by atoms with Crippen molar-refractivity contribution in [2.45, 2.75) is 13.8 Å². The lowest BCUT2D eigenvalue weighted by Gasteiger charge is -2.03. The summed E-state index contributed by atoms with van der Waals surface area (Å²) in [4.78, 5) is 16.6. The number of carbonyl (C=O) groups is 1. The Labute approximate surface area is 156 Å². The van der Waals surface area contributed by atoms with Crippen molar-refractivity contribution in [2.24, 2.45) is 0 Å². The number of halogens is 1. The lowest BCUT2D eigenvalue weighted by molar-refractivity contribution is -0.111. The van der Waals surface area contributed by atoms with Crippen LogP contribution < -0.4 is 5.32 Å².